The molecule has 8 heteroatoms. The van der Waals surface area contributed by atoms with Crippen molar-refractivity contribution in [1.29, 1.82) is 0 Å². The van der Waals surface area contributed by atoms with Crippen molar-refractivity contribution in [2.45, 2.75) is 58.9 Å². The minimum absolute atomic E-state index is 0.111. The van der Waals surface area contributed by atoms with Gasteiger partial charge in [0.25, 0.3) is 5.91 Å². The number of nitrogens with one attached hydrogen (secondary N) is 1. The highest BCUT2D eigenvalue weighted by Crippen LogP contribution is 2.27. The highest BCUT2D eigenvalue weighted by atomic mass is 32.2. The Morgan fingerprint density at radius 3 is 2.24 bits per heavy atom. The van der Waals surface area contributed by atoms with E-state index in [1.54, 1.807) is 43.3 Å². The van der Waals surface area contributed by atoms with Crippen LogP contribution in [-0.2, 0) is 14.8 Å². The summed E-state index contributed by atoms with van der Waals surface area (Å²) < 4.78 is 26.7. The van der Waals surface area contributed by atoms with E-state index >= 15 is 0 Å². The Bertz CT molecular complexity index is 1140. The lowest BCUT2D eigenvalue weighted by atomic mass is 10.1. The Balaban J connectivity index is 1.91. The van der Waals surface area contributed by atoms with E-state index in [1.807, 2.05) is 24.8 Å². The second-order valence-corrected chi connectivity index (χ2v) is 10.9. The van der Waals surface area contributed by atoms with Gasteiger partial charge < -0.3 is 10.2 Å². The number of hydrogen-bond acceptors (Lipinski definition) is 4. The highest BCUT2D eigenvalue weighted by Gasteiger charge is 2.32. The summed E-state index contributed by atoms with van der Waals surface area (Å²) in [6.07, 6.45) is 5.54. The fraction of sp³-hybridized carbons (Fsp3) is 0.462. The lowest BCUT2D eigenvalue weighted by Crippen LogP contribution is -2.47. The average molecular weight is 486 g/mol. The zero-order chi connectivity index (χ0) is 24.9. The zero-order valence-corrected chi connectivity index (χ0v) is 21.3. The van der Waals surface area contributed by atoms with E-state index in [0.29, 0.717) is 30.0 Å². The Morgan fingerprint density at radius 2 is 1.65 bits per heavy atom. The number of anilines is 2. The van der Waals surface area contributed by atoms with Gasteiger partial charge in [-0.15, -0.1) is 0 Å². The summed E-state index contributed by atoms with van der Waals surface area (Å²) in [5, 5.41) is 2.85. The molecule has 1 heterocycles. The van der Waals surface area contributed by atoms with Crippen LogP contribution in [0.15, 0.2) is 42.5 Å². The number of benzene rings is 2. The molecule has 3 rings (SSSR count). The molecule has 0 aliphatic carbocycles. The van der Waals surface area contributed by atoms with Crippen LogP contribution in [0.25, 0.3) is 0 Å². The number of nitrogens with zero attached hydrogens (tertiary/aromatic N) is 2. The first kappa shape index (κ1) is 25.7. The molecule has 0 radical (unpaired) electrons. The van der Waals surface area contributed by atoms with Crippen molar-refractivity contribution < 1.29 is 18.0 Å². The summed E-state index contributed by atoms with van der Waals surface area (Å²) in [5.41, 5.74) is 3.24. The van der Waals surface area contributed by atoms with Crippen LogP contribution in [0.5, 0.6) is 0 Å². The van der Waals surface area contributed by atoms with E-state index in [1.165, 1.54) is 4.31 Å². The number of aryl methyl sites for hydroxylation is 2. The third kappa shape index (κ3) is 5.97. The normalized spacial score (nSPS) is 15.4. The summed E-state index contributed by atoms with van der Waals surface area (Å²) >= 11 is 0. The lowest BCUT2D eigenvalue weighted by molar-refractivity contribution is -0.117. The zero-order valence-electron chi connectivity index (χ0n) is 20.5. The molecule has 0 spiro atoms. The molecule has 184 valence electrons. The van der Waals surface area contributed by atoms with Gasteiger partial charge >= 0.3 is 0 Å². The van der Waals surface area contributed by atoms with Gasteiger partial charge in [-0.05, 0) is 68.5 Å². The number of para-hydroxylation sites is 1. The van der Waals surface area contributed by atoms with Crippen LogP contribution in [0.3, 0.4) is 0 Å². The minimum Gasteiger partial charge on any atom is -0.339 e. The van der Waals surface area contributed by atoms with Crippen LogP contribution in [0.2, 0.25) is 0 Å². The molecule has 2 aromatic carbocycles. The Hall–Kier alpha value is -2.87. The maximum absolute atomic E-state index is 13.4. The van der Waals surface area contributed by atoms with Gasteiger partial charge in [-0.3, -0.25) is 13.9 Å². The standard InChI is InChI=1S/C26H35N3O4S/c1-5-24(29(34(4,32)33)21-15-14-19(2)20(3)18-21)25(30)27-23-13-9-8-12-22(23)26(31)28-16-10-6-7-11-17-28/h8-9,12-15,18,24H,5-7,10-11,16-17H2,1-4H3,(H,27,30)/t24-/m0/s1. The smallest absolute Gasteiger partial charge is 0.255 e. The van der Waals surface area contributed by atoms with Crippen molar-refractivity contribution in [3.05, 3.63) is 59.2 Å². The van der Waals surface area contributed by atoms with Crippen molar-refractivity contribution in [2.24, 2.45) is 0 Å². The SMILES string of the molecule is CC[C@@H](C(=O)Nc1ccccc1C(=O)N1CCCCCC1)N(c1ccc(C)c(C)c1)S(C)(=O)=O. The molecule has 1 aliphatic rings. The summed E-state index contributed by atoms with van der Waals surface area (Å²) in [7, 11) is -3.75. The topological polar surface area (TPSA) is 86.8 Å². The van der Waals surface area contributed by atoms with Crippen molar-refractivity contribution in [3.63, 3.8) is 0 Å². The molecule has 2 amide bonds. The van der Waals surface area contributed by atoms with E-state index in [9.17, 15) is 18.0 Å². The Morgan fingerprint density at radius 1 is 1.00 bits per heavy atom. The van der Waals surface area contributed by atoms with E-state index in [4.69, 9.17) is 0 Å². The fourth-order valence-electron chi connectivity index (χ4n) is 4.36. The van der Waals surface area contributed by atoms with E-state index in [-0.39, 0.29) is 12.3 Å². The Labute approximate surface area is 203 Å². The molecular weight excluding hydrogens is 450 g/mol. The van der Waals surface area contributed by atoms with Crippen molar-refractivity contribution in [1.82, 2.24) is 4.90 Å². The van der Waals surface area contributed by atoms with Gasteiger partial charge in [-0.25, -0.2) is 8.42 Å². The predicted molar refractivity (Wildman–Crippen MR) is 137 cm³/mol. The van der Waals surface area contributed by atoms with Crippen LogP contribution in [-0.4, -0.2) is 50.5 Å². The number of sulfonamides is 1. The second kappa shape index (κ2) is 11.0. The average Bonchev–Trinajstić information content (AvgIpc) is 3.08. The largest absolute Gasteiger partial charge is 0.339 e. The van der Waals surface area contributed by atoms with Crippen molar-refractivity contribution in [3.8, 4) is 0 Å². The van der Waals surface area contributed by atoms with E-state index < -0.39 is 22.0 Å². The predicted octanol–water partition coefficient (Wildman–Crippen LogP) is 4.50. The monoisotopic (exact) mass is 485 g/mol. The van der Waals surface area contributed by atoms with Crippen LogP contribution in [0.4, 0.5) is 11.4 Å². The quantitative estimate of drug-likeness (QED) is 0.625. The molecule has 1 atom stereocenters. The maximum Gasteiger partial charge on any atom is 0.255 e. The van der Waals surface area contributed by atoms with E-state index in [0.717, 1.165) is 43.1 Å². The van der Waals surface area contributed by atoms with Crippen LogP contribution < -0.4 is 9.62 Å². The molecule has 0 saturated carbocycles. The molecule has 7 nitrogen and oxygen atoms in total. The third-order valence-corrected chi connectivity index (χ3v) is 7.56. The molecule has 1 saturated heterocycles. The number of carbonyl (C=O) groups excluding carboxylic acids is 2. The minimum atomic E-state index is -3.75. The molecule has 2 aromatic rings. The van der Waals surface area contributed by atoms with Gasteiger partial charge in [-0.2, -0.15) is 0 Å². The summed E-state index contributed by atoms with van der Waals surface area (Å²) in [6, 6.07) is 11.3. The molecule has 0 unspecified atom stereocenters. The molecule has 0 bridgehead atoms. The number of amides is 2. The molecule has 0 aromatic heterocycles. The first-order chi connectivity index (χ1) is 16.1. The summed E-state index contributed by atoms with van der Waals surface area (Å²) in [6.45, 7) is 7.04. The molecule has 1 fully saturated rings. The second-order valence-electron chi connectivity index (χ2n) is 8.99. The van der Waals surface area contributed by atoms with Gasteiger partial charge in [0, 0.05) is 13.1 Å². The number of rotatable bonds is 7. The van der Waals surface area contributed by atoms with Crippen LogP contribution in [0.1, 0.15) is 60.5 Å². The molecule has 34 heavy (non-hydrogen) atoms. The van der Waals surface area contributed by atoms with Crippen LogP contribution >= 0.6 is 0 Å². The maximum atomic E-state index is 13.4. The highest BCUT2D eigenvalue weighted by molar-refractivity contribution is 7.92. The molecular formula is C26H35N3O4S. The van der Waals surface area contributed by atoms with Gasteiger partial charge in [-0.1, -0.05) is 38.0 Å². The van der Waals surface area contributed by atoms with Gasteiger partial charge in [0.1, 0.15) is 6.04 Å². The number of likely N-dealkylation sites (tertiary alicyclic amines) is 1. The lowest BCUT2D eigenvalue weighted by Gasteiger charge is -2.31. The number of carbonyl (C=O) groups is 2. The van der Waals surface area contributed by atoms with E-state index in [2.05, 4.69) is 5.32 Å². The summed E-state index contributed by atoms with van der Waals surface area (Å²) in [4.78, 5) is 28.5. The van der Waals surface area contributed by atoms with Gasteiger partial charge in [0.05, 0.1) is 23.2 Å². The van der Waals surface area contributed by atoms with Crippen molar-refractivity contribution in [2.75, 3.05) is 29.0 Å². The number of hydrogen-bond donors (Lipinski definition) is 1. The van der Waals surface area contributed by atoms with Crippen LogP contribution in [0, 0.1) is 13.8 Å². The first-order valence-electron chi connectivity index (χ1n) is 11.9. The summed E-state index contributed by atoms with van der Waals surface area (Å²) in [5.74, 6) is -0.581. The first-order valence-corrected chi connectivity index (χ1v) is 13.7. The van der Waals surface area contributed by atoms with Crippen molar-refractivity contribution >= 4 is 33.2 Å². The Kier molecular flexibility index (Phi) is 8.36. The van der Waals surface area contributed by atoms with Gasteiger partial charge in [0.2, 0.25) is 15.9 Å². The fourth-order valence-corrected chi connectivity index (χ4v) is 5.57. The molecule has 1 N–H and O–H groups in total. The van der Waals surface area contributed by atoms with Gasteiger partial charge in [0.15, 0.2) is 0 Å². The third-order valence-electron chi connectivity index (χ3n) is 6.38. The molecule has 1 aliphatic heterocycles.